The molecule has 0 spiro atoms. The van der Waals surface area contributed by atoms with Crippen LogP contribution >= 0.6 is 15.9 Å². The van der Waals surface area contributed by atoms with Gasteiger partial charge >= 0.3 is 0 Å². The molecule has 1 aromatic carbocycles. The maximum Gasteiger partial charge on any atom is 0.142 e. The Morgan fingerprint density at radius 2 is 1.71 bits per heavy atom. The van der Waals surface area contributed by atoms with Gasteiger partial charge in [-0.15, -0.1) is 0 Å². The highest BCUT2D eigenvalue weighted by Crippen LogP contribution is 2.20. The summed E-state index contributed by atoms with van der Waals surface area (Å²) in [6.07, 6.45) is 11.6. The highest BCUT2D eigenvalue weighted by Gasteiger charge is 2.20. The second kappa shape index (κ2) is 11.5. The van der Waals surface area contributed by atoms with Gasteiger partial charge in [0.2, 0.25) is 0 Å². The number of ether oxygens (including phenoxy) is 1. The van der Waals surface area contributed by atoms with Gasteiger partial charge in [-0.05, 0) is 36.2 Å². The first-order valence-corrected chi connectivity index (χ1v) is 10.5. The molecule has 1 aliphatic heterocycles. The molecule has 0 aromatic heterocycles. The van der Waals surface area contributed by atoms with Crippen LogP contribution in [0.3, 0.4) is 0 Å². The number of hydrogen-bond donors (Lipinski definition) is 0. The number of rotatable bonds is 12. The molecule has 1 unspecified atom stereocenters. The van der Waals surface area contributed by atoms with Crippen molar-refractivity contribution >= 4 is 21.6 Å². The van der Waals surface area contributed by atoms with Gasteiger partial charge in [0.15, 0.2) is 0 Å². The van der Waals surface area contributed by atoms with Crippen LogP contribution in [0, 0.1) is 0 Å². The van der Waals surface area contributed by atoms with Crippen molar-refractivity contribution in [1.82, 2.24) is 0 Å². The quantitative estimate of drug-likeness (QED) is 0.316. The lowest BCUT2D eigenvalue weighted by Crippen LogP contribution is -2.09. The molecule has 1 atom stereocenters. The fourth-order valence-corrected chi connectivity index (χ4v) is 3.20. The Morgan fingerprint density at radius 1 is 1.04 bits per heavy atom. The minimum Gasteiger partial charge on any atom is -0.494 e. The first-order chi connectivity index (χ1) is 11.8. The van der Waals surface area contributed by atoms with E-state index in [0.717, 1.165) is 41.8 Å². The van der Waals surface area contributed by atoms with Gasteiger partial charge in [-0.3, -0.25) is 0 Å². The summed E-state index contributed by atoms with van der Waals surface area (Å²) in [7, 11) is 0. The first-order valence-electron chi connectivity index (χ1n) is 9.35. The van der Waals surface area contributed by atoms with E-state index in [1.807, 2.05) is 12.1 Å². The first kappa shape index (κ1) is 19.3. The van der Waals surface area contributed by atoms with E-state index in [4.69, 9.17) is 9.57 Å². The molecule has 1 heterocycles. The van der Waals surface area contributed by atoms with E-state index < -0.39 is 0 Å². The van der Waals surface area contributed by atoms with Crippen molar-refractivity contribution in [1.29, 1.82) is 0 Å². The summed E-state index contributed by atoms with van der Waals surface area (Å²) in [5.41, 5.74) is 2.15. The second-order valence-electron chi connectivity index (χ2n) is 6.47. The summed E-state index contributed by atoms with van der Waals surface area (Å²) in [6.45, 7) is 3.07. The summed E-state index contributed by atoms with van der Waals surface area (Å²) >= 11 is 3.43. The van der Waals surface area contributed by atoms with Gasteiger partial charge < -0.3 is 9.57 Å². The van der Waals surface area contributed by atoms with Crippen LogP contribution in [0.2, 0.25) is 0 Å². The van der Waals surface area contributed by atoms with Gasteiger partial charge in [0.1, 0.15) is 11.9 Å². The Morgan fingerprint density at radius 3 is 2.33 bits per heavy atom. The third-order valence-electron chi connectivity index (χ3n) is 4.36. The van der Waals surface area contributed by atoms with E-state index in [-0.39, 0.29) is 6.10 Å². The van der Waals surface area contributed by atoms with Crippen LogP contribution in [0.25, 0.3) is 0 Å². The minimum absolute atomic E-state index is 0.165. The molecule has 0 fully saturated rings. The van der Waals surface area contributed by atoms with Gasteiger partial charge in [-0.2, -0.15) is 0 Å². The van der Waals surface area contributed by atoms with E-state index >= 15 is 0 Å². The molecule has 0 saturated heterocycles. The zero-order chi connectivity index (χ0) is 17.0. The number of nitrogens with zero attached hydrogens (tertiary/aromatic N) is 1. The average molecular weight is 396 g/mol. The number of oxime groups is 1. The SMILES string of the molecule is CCCCCCCCCCOc1ccc(C2=NOC(CBr)C2)cc1. The van der Waals surface area contributed by atoms with Crippen LogP contribution in [0.15, 0.2) is 29.4 Å². The maximum atomic E-state index is 5.83. The fraction of sp³-hybridized carbons (Fsp3) is 0.650. The number of unbranched alkanes of at least 4 members (excludes halogenated alkanes) is 7. The monoisotopic (exact) mass is 395 g/mol. The van der Waals surface area contributed by atoms with Crippen molar-refractivity contribution in [3.8, 4) is 5.75 Å². The summed E-state index contributed by atoms with van der Waals surface area (Å²) in [6, 6.07) is 8.21. The van der Waals surface area contributed by atoms with E-state index in [1.54, 1.807) is 0 Å². The van der Waals surface area contributed by atoms with Crippen molar-refractivity contribution in [2.75, 3.05) is 11.9 Å². The molecule has 2 rings (SSSR count). The van der Waals surface area contributed by atoms with Crippen molar-refractivity contribution < 1.29 is 9.57 Å². The smallest absolute Gasteiger partial charge is 0.142 e. The molecule has 0 aliphatic carbocycles. The van der Waals surface area contributed by atoms with Gasteiger partial charge in [-0.1, -0.05) is 73.0 Å². The molecule has 3 nitrogen and oxygen atoms in total. The highest BCUT2D eigenvalue weighted by molar-refractivity contribution is 9.09. The van der Waals surface area contributed by atoms with Crippen LogP contribution in [0.5, 0.6) is 5.75 Å². The van der Waals surface area contributed by atoms with Gasteiger partial charge in [-0.25, -0.2) is 0 Å². The second-order valence-corrected chi connectivity index (χ2v) is 7.12. The number of halogens is 1. The zero-order valence-corrected chi connectivity index (χ0v) is 16.4. The van der Waals surface area contributed by atoms with Crippen LogP contribution in [0.4, 0.5) is 0 Å². The van der Waals surface area contributed by atoms with Crippen LogP contribution in [-0.4, -0.2) is 23.8 Å². The molecule has 1 aromatic rings. The minimum atomic E-state index is 0.165. The summed E-state index contributed by atoms with van der Waals surface area (Å²) < 4.78 is 5.83. The van der Waals surface area contributed by atoms with E-state index in [1.165, 1.54) is 44.9 Å². The molecule has 1 aliphatic rings. The molecule has 0 N–H and O–H groups in total. The normalized spacial score (nSPS) is 16.8. The lowest BCUT2D eigenvalue weighted by Gasteiger charge is -2.07. The molecule has 24 heavy (non-hydrogen) atoms. The third-order valence-corrected chi connectivity index (χ3v) is 5.08. The lowest BCUT2D eigenvalue weighted by atomic mass is 10.1. The van der Waals surface area contributed by atoms with E-state index in [0.29, 0.717) is 0 Å². The molecule has 0 saturated carbocycles. The van der Waals surface area contributed by atoms with Gasteiger partial charge in [0.25, 0.3) is 0 Å². The number of alkyl halides is 1. The van der Waals surface area contributed by atoms with Crippen molar-refractivity contribution in [2.24, 2.45) is 5.16 Å². The topological polar surface area (TPSA) is 30.8 Å². The Balaban J connectivity index is 1.57. The number of hydrogen-bond acceptors (Lipinski definition) is 3. The summed E-state index contributed by atoms with van der Waals surface area (Å²) in [5, 5.41) is 4.98. The molecule has 0 amide bonds. The molecular formula is C20H30BrNO2. The predicted molar refractivity (Wildman–Crippen MR) is 104 cm³/mol. The van der Waals surface area contributed by atoms with Crippen LogP contribution in [-0.2, 0) is 4.84 Å². The molecule has 0 radical (unpaired) electrons. The fourth-order valence-electron chi connectivity index (χ4n) is 2.85. The maximum absolute atomic E-state index is 5.83. The molecular weight excluding hydrogens is 366 g/mol. The van der Waals surface area contributed by atoms with Crippen LogP contribution in [0.1, 0.15) is 70.3 Å². The Bertz CT molecular complexity index is 487. The summed E-state index contributed by atoms with van der Waals surface area (Å²) in [4.78, 5) is 5.34. The average Bonchev–Trinajstić information content (AvgIpc) is 3.10. The van der Waals surface area contributed by atoms with Crippen molar-refractivity contribution in [3.05, 3.63) is 29.8 Å². The van der Waals surface area contributed by atoms with Crippen LogP contribution < -0.4 is 4.74 Å². The van der Waals surface area contributed by atoms with Crippen molar-refractivity contribution in [2.45, 2.75) is 70.8 Å². The Hall–Kier alpha value is -1.03. The largest absolute Gasteiger partial charge is 0.494 e. The van der Waals surface area contributed by atoms with Crippen molar-refractivity contribution in [3.63, 3.8) is 0 Å². The van der Waals surface area contributed by atoms with Gasteiger partial charge in [0.05, 0.1) is 12.3 Å². The van der Waals surface area contributed by atoms with Gasteiger partial charge in [0, 0.05) is 11.8 Å². The lowest BCUT2D eigenvalue weighted by molar-refractivity contribution is 0.104. The van der Waals surface area contributed by atoms with E-state index in [2.05, 4.69) is 40.1 Å². The highest BCUT2D eigenvalue weighted by atomic mass is 79.9. The van der Waals surface area contributed by atoms with E-state index in [9.17, 15) is 0 Å². The zero-order valence-electron chi connectivity index (χ0n) is 14.8. The predicted octanol–water partition coefficient (Wildman–Crippen LogP) is 6.09. The Kier molecular flexibility index (Phi) is 9.26. The standard InChI is InChI=1S/C20H30BrNO2/c1-2-3-4-5-6-7-8-9-14-23-18-12-10-17(11-13-18)20-15-19(16-21)24-22-20/h10-13,19H,2-9,14-16H2,1H3. The Labute approximate surface area is 154 Å². The third kappa shape index (κ3) is 6.84. The summed E-state index contributed by atoms with van der Waals surface area (Å²) in [5.74, 6) is 0.943. The molecule has 4 heteroatoms. The number of benzene rings is 1. The molecule has 0 bridgehead atoms. The molecule has 134 valence electrons.